The molecule has 8 heteroatoms. The number of aromatic nitrogens is 2. The third-order valence-corrected chi connectivity index (χ3v) is 5.49. The first-order chi connectivity index (χ1) is 15.6. The molecule has 0 atom stereocenters. The van der Waals surface area contributed by atoms with Gasteiger partial charge in [-0.3, -0.25) is 14.9 Å². The first-order valence-corrected chi connectivity index (χ1v) is 10.7. The molecule has 0 radical (unpaired) electrons. The molecule has 2 N–H and O–H groups in total. The summed E-state index contributed by atoms with van der Waals surface area (Å²) in [4.78, 5) is 25.0. The Kier molecular flexibility index (Phi) is 6.52. The van der Waals surface area contributed by atoms with E-state index in [-0.39, 0.29) is 18.2 Å². The van der Waals surface area contributed by atoms with Gasteiger partial charge in [0.15, 0.2) is 0 Å². The van der Waals surface area contributed by atoms with Crippen molar-refractivity contribution in [3.05, 3.63) is 90.0 Å². The second-order valence-corrected chi connectivity index (χ2v) is 7.86. The second-order valence-electron chi connectivity index (χ2n) is 6.89. The maximum absolute atomic E-state index is 12.7. The Hall–Kier alpha value is -4.04. The largest absolute Gasteiger partial charge is 0.497 e. The third kappa shape index (κ3) is 5.35. The number of ether oxygens (including phenoxy) is 1. The number of carbonyl (C=O) groups excluding carboxylic acids is 2. The summed E-state index contributed by atoms with van der Waals surface area (Å²) in [7, 11) is 1.61. The zero-order valence-electron chi connectivity index (χ0n) is 17.2. The van der Waals surface area contributed by atoms with Crippen LogP contribution < -0.4 is 15.4 Å². The molecule has 32 heavy (non-hydrogen) atoms. The van der Waals surface area contributed by atoms with E-state index < -0.39 is 0 Å². The van der Waals surface area contributed by atoms with E-state index >= 15 is 0 Å². The molecule has 4 aromatic rings. The predicted octanol–water partition coefficient (Wildman–Crippen LogP) is 4.65. The highest BCUT2D eigenvalue weighted by molar-refractivity contribution is 7.18. The molecule has 1 heterocycles. The van der Waals surface area contributed by atoms with Gasteiger partial charge in [0.25, 0.3) is 5.91 Å². The van der Waals surface area contributed by atoms with Crippen LogP contribution in [0.5, 0.6) is 5.75 Å². The second kappa shape index (κ2) is 9.84. The summed E-state index contributed by atoms with van der Waals surface area (Å²) in [5.74, 6) is 0.270. The molecule has 0 spiro atoms. The van der Waals surface area contributed by atoms with Gasteiger partial charge in [0.2, 0.25) is 11.0 Å². The van der Waals surface area contributed by atoms with E-state index in [2.05, 4.69) is 20.8 Å². The molecule has 4 rings (SSSR count). The lowest BCUT2D eigenvalue weighted by Gasteiger charge is -2.07. The molecule has 0 saturated heterocycles. The summed E-state index contributed by atoms with van der Waals surface area (Å²) in [6.45, 7) is 0. The fraction of sp³-hybridized carbons (Fsp3) is 0.0833. The number of nitrogens with zero attached hydrogens (tertiary/aromatic N) is 2. The van der Waals surface area contributed by atoms with Gasteiger partial charge >= 0.3 is 0 Å². The topological polar surface area (TPSA) is 93.2 Å². The Labute approximate surface area is 189 Å². The van der Waals surface area contributed by atoms with E-state index in [0.717, 1.165) is 16.9 Å². The minimum atomic E-state index is -0.332. The van der Waals surface area contributed by atoms with Crippen molar-refractivity contribution in [1.29, 1.82) is 0 Å². The van der Waals surface area contributed by atoms with Gasteiger partial charge in [-0.1, -0.05) is 47.7 Å². The smallest absolute Gasteiger partial charge is 0.257 e. The Morgan fingerprint density at radius 1 is 0.906 bits per heavy atom. The van der Waals surface area contributed by atoms with Crippen molar-refractivity contribution in [3.8, 4) is 16.3 Å². The van der Waals surface area contributed by atoms with Crippen LogP contribution >= 0.6 is 11.3 Å². The van der Waals surface area contributed by atoms with Crippen molar-refractivity contribution >= 4 is 34.0 Å². The number of rotatable bonds is 7. The molecule has 1 aromatic heterocycles. The Morgan fingerprint density at radius 2 is 1.69 bits per heavy atom. The molecule has 0 saturated carbocycles. The molecule has 0 unspecified atom stereocenters. The summed E-state index contributed by atoms with van der Waals surface area (Å²) in [5.41, 5.74) is 2.76. The number of benzene rings is 3. The van der Waals surface area contributed by atoms with Gasteiger partial charge in [-0.15, -0.1) is 10.2 Å². The fourth-order valence-corrected chi connectivity index (χ4v) is 3.76. The summed E-state index contributed by atoms with van der Waals surface area (Å²) in [5, 5.41) is 14.9. The van der Waals surface area contributed by atoms with Gasteiger partial charge < -0.3 is 10.1 Å². The van der Waals surface area contributed by atoms with Crippen LogP contribution in [0.1, 0.15) is 15.9 Å². The van der Waals surface area contributed by atoms with Crippen LogP contribution in [-0.2, 0) is 11.2 Å². The Bertz CT molecular complexity index is 1220. The molecule has 7 nitrogen and oxygen atoms in total. The number of hydrogen-bond acceptors (Lipinski definition) is 6. The third-order valence-electron chi connectivity index (χ3n) is 4.60. The molecular formula is C24H20N4O3S. The summed E-state index contributed by atoms with van der Waals surface area (Å²) in [6.07, 6.45) is 0.260. The number of nitrogens with one attached hydrogen (secondary N) is 2. The van der Waals surface area contributed by atoms with Crippen LogP contribution in [0, 0.1) is 0 Å². The quantitative estimate of drug-likeness (QED) is 0.433. The van der Waals surface area contributed by atoms with Gasteiger partial charge in [-0.25, -0.2) is 0 Å². The van der Waals surface area contributed by atoms with Gasteiger partial charge in [-0.05, 0) is 48.0 Å². The predicted molar refractivity (Wildman–Crippen MR) is 125 cm³/mol. The zero-order chi connectivity index (χ0) is 22.3. The van der Waals surface area contributed by atoms with E-state index in [1.165, 1.54) is 11.3 Å². The van der Waals surface area contributed by atoms with E-state index in [0.29, 0.717) is 21.4 Å². The average molecular weight is 445 g/mol. The van der Waals surface area contributed by atoms with Crippen molar-refractivity contribution in [2.75, 3.05) is 17.7 Å². The standard InChI is InChI=1S/C24H20N4O3S/c1-31-20-12-10-17(11-13-20)23-27-28-24(32-23)26-22(30)18-8-5-9-19(15-18)25-21(29)14-16-6-3-2-4-7-16/h2-13,15H,14H2,1H3,(H,25,29)(H,26,28,30). The van der Waals surface area contributed by atoms with Crippen LogP contribution in [0.15, 0.2) is 78.9 Å². The monoisotopic (exact) mass is 444 g/mol. The van der Waals surface area contributed by atoms with Crippen LogP contribution in [0.3, 0.4) is 0 Å². The maximum atomic E-state index is 12.7. The summed E-state index contributed by atoms with van der Waals surface area (Å²) in [6, 6.07) is 23.7. The first-order valence-electron chi connectivity index (χ1n) is 9.84. The van der Waals surface area contributed by atoms with Gasteiger partial charge in [0.05, 0.1) is 13.5 Å². The van der Waals surface area contributed by atoms with Crippen molar-refractivity contribution in [2.24, 2.45) is 0 Å². The molecular weight excluding hydrogens is 424 g/mol. The molecule has 0 fully saturated rings. The summed E-state index contributed by atoms with van der Waals surface area (Å²) < 4.78 is 5.16. The van der Waals surface area contributed by atoms with Gasteiger partial charge in [0, 0.05) is 16.8 Å². The number of amides is 2. The SMILES string of the molecule is COc1ccc(-c2nnc(NC(=O)c3cccc(NC(=O)Cc4ccccc4)c3)s2)cc1. The van der Waals surface area contributed by atoms with E-state index in [1.807, 2.05) is 54.6 Å². The molecule has 2 amide bonds. The number of anilines is 2. The molecule has 3 aromatic carbocycles. The zero-order valence-corrected chi connectivity index (χ0v) is 18.1. The molecule has 0 bridgehead atoms. The van der Waals surface area contributed by atoms with Crippen LogP contribution in [0.4, 0.5) is 10.8 Å². The highest BCUT2D eigenvalue weighted by atomic mass is 32.1. The average Bonchev–Trinajstić information content (AvgIpc) is 3.28. The molecule has 0 aliphatic heterocycles. The number of carbonyl (C=O) groups is 2. The Morgan fingerprint density at radius 3 is 2.44 bits per heavy atom. The lowest BCUT2D eigenvalue weighted by atomic mass is 10.1. The van der Waals surface area contributed by atoms with Gasteiger partial charge in [0.1, 0.15) is 10.8 Å². The van der Waals surface area contributed by atoms with E-state index in [4.69, 9.17) is 4.74 Å². The van der Waals surface area contributed by atoms with Crippen molar-refractivity contribution in [1.82, 2.24) is 10.2 Å². The maximum Gasteiger partial charge on any atom is 0.257 e. The minimum Gasteiger partial charge on any atom is -0.497 e. The van der Waals surface area contributed by atoms with Crippen LogP contribution in [0.25, 0.3) is 10.6 Å². The number of hydrogen-bond donors (Lipinski definition) is 2. The highest BCUT2D eigenvalue weighted by Gasteiger charge is 2.13. The Balaban J connectivity index is 1.39. The normalized spacial score (nSPS) is 10.4. The molecule has 0 aliphatic carbocycles. The molecule has 160 valence electrons. The first kappa shape index (κ1) is 21.2. The lowest BCUT2D eigenvalue weighted by Crippen LogP contribution is -2.16. The number of methoxy groups -OCH3 is 1. The van der Waals surface area contributed by atoms with Crippen molar-refractivity contribution in [3.63, 3.8) is 0 Å². The van der Waals surface area contributed by atoms with Crippen molar-refractivity contribution in [2.45, 2.75) is 6.42 Å². The fourth-order valence-electron chi connectivity index (χ4n) is 3.02. The summed E-state index contributed by atoms with van der Waals surface area (Å²) >= 11 is 1.27. The lowest BCUT2D eigenvalue weighted by molar-refractivity contribution is -0.115. The van der Waals surface area contributed by atoms with Gasteiger partial charge in [-0.2, -0.15) is 0 Å². The van der Waals surface area contributed by atoms with Crippen molar-refractivity contribution < 1.29 is 14.3 Å². The van der Waals surface area contributed by atoms with E-state index in [9.17, 15) is 9.59 Å². The van der Waals surface area contributed by atoms with Crippen LogP contribution in [0.2, 0.25) is 0 Å². The minimum absolute atomic E-state index is 0.151. The van der Waals surface area contributed by atoms with Crippen LogP contribution in [-0.4, -0.2) is 29.1 Å². The van der Waals surface area contributed by atoms with E-state index in [1.54, 1.807) is 31.4 Å². The highest BCUT2D eigenvalue weighted by Crippen LogP contribution is 2.28. The molecule has 0 aliphatic rings.